The molecule has 1 rings (SSSR count). The molecule has 0 radical (unpaired) electrons. The van der Waals surface area contributed by atoms with Crippen LogP contribution >= 0.6 is 0 Å². The predicted molar refractivity (Wildman–Crippen MR) is 70.2 cm³/mol. The zero-order valence-electron chi connectivity index (χ0n) is 11.8. The van der Waals surface area contributed by atoms with Gasteiger partial charge in [0.2, 0.25) is 5.91 Å². The van der Waals surface area contributed by atoms with Gasteiger partial charge < -0.3 is 10.0 Å². The van der Waals surface area contributed by atoms with Gasteiger partial charge in [-0.2, -0.15) is 0 Å². The van der Waals surface area contributed by atoms with Crippen molar-refractivity contribution in [3.63, 3.8) is 0 Å². The molecule has 1 aliphatic rings. The molecule has 4 nitrogen and oxygen atoms in total. The molecular weight excluding hydrogens is 230 g/mol. The topological polar surface area (TPSA) is 57.6 Å². The monoisotopic (exact) mass is 255 g/mol. The summed E-state index contributed by atoms with van der Waals surface area (Å²) in [7, 11) is 0. The average Bonchev–Trinajstić information content (AvgIpc) is 2.24. The molecule has 104 valence electrons. The molecule has 3 unspecified atom stereocenters. The molecule has 0 aromatic carbocycles. The van der Waals surface area contributed by atoms with Crippen LogP contribution in [0.15, 0.2) is 0 Å². The van der Waals surface area contributed by atoms with E-state index in [0.717, 1.165) is 12.8 Å². The summed E-state index contributed by atoms with van der Waals surface area (Å²) in [5.41, 5.74) is 0. The van der Waals surface area contributed by atoms with Gasteiger partial charge in [-0.3, -0.25) is 9.59 Å². The molecule has 0 aromatic rings. The Labute approximate surface area is 109 Å². The average molecular weight is 255 g/mol. The Morgan fingerprint density at radius 3 is 2.39 bits per heavy atom. The zero-order valence-corrected chi connectivity index (χ0v) is 11.8. The van der Waals surface area contributed by atoms with Gasteiger partial charge in [-0.1, -0.05) is 27.2 Å². The molecule has 1 N–H and O–H groups in total. The third-order valence-electron chi connectivity index (χ3n) is 4.10. The molecule has 3 atom stereocenters. The molecule has 0 saturated heterocycles. The first-order valence-electron chi connectivity index (χ1n) is 6.82. The first-order valence-corrected chi connectivity index (χ1v) is 6.82. The summed E-state index contributed by atoms with van der Waals surface area (Å²) in [6.45, 7) is 7.80. The van der Waals surface area contributed by atoms with Gasteiger partial charge in [0.05, 0.1) is 0 Å². The van der Waals surface area contributed by atoms with Crippen LogP contribution in [-0.2, 0) is 9.59 Å². The minimum atomic E-state index is -0.925. The van der Waals surface area contributed by atoms with Crippen LogP contribution in [0.5, 0.6) is 0 Å². The summed E-state index contributed by atoms with van der Waals surface area (Å²) >= 11 is 0. The fourth-order valence-corrected chi connectivity index (χ4v) is 3.12. The van der Waals surface area contributed by atoms with Crippen molar-refractivity contribution in [3.05, 3.63) is 0 Å². The van der Waals surface area contributed by atoms with E-state index in [2.05, 4.69) is 20.8 Å². The van der Waals surface area contributed by atoms with E-state index < -0.39 is 5.97 Å². The van der Waals surface area contributed by atoms with E-state index in [4.69, 9.17) is 5.11 Å². The van der Waals surface area contributed by atoms with Crippen LogP contribution in [0.2, 0.25) is 0 Å². The number of carbonyl (C=O) groups is 2. The second-order valence-electron chi connectivity index (χ2n) is 5.93. The van der Waals surface area contributed by atoms with Crippen LogP contribution in [0, 0.1) is 17.8 Å². The van der Waals surface area contributed by atoms with E-state index >= 15 is 0 Å². The van der Waals surface area contributed by atoms with Crippen LogP contribution in [0.4, 0.5) is 0 Å². The standard InChI is InChI=1S/C14H25NO3/c1-9(2)12-6-5-10(3)7-13(12)15(11(4)16)8-14(17)18/h9-10,12-13H,5-8H2,1-4H3,(H,17,18). The fourth-order valence-electron chi connectivity index (χ4n) is 3.12. The summed E-state index contributed by atoms with van der Waals surface area (Å²) < 4.78 is 0. The van der Waals surface area contributed by atoms with Gasteiger partial charge in [-0.25, -0.2) is 0 Å². The number of nitrogens with zero attached hydrogens (tertiary/aromatic N) is 1. The molecule has 1 aliphatic carbocycles. The second-order valence-corrected chi connectivity index (χ2v) is 5.93. The molecule has 0 aliphatic heterocycles. The van der Waals surface area contributed by atoms with Gasteiger partial charge in [-0.05, 0) is 30.6 Å². The van der Waals surface area contributed by atoms with Crippen LogP contribution in [0.25, 0.3) is 0 Å². The van der Waals surface area contributed by atoms with Crippen molar-refractivity contribution in [2.24, 2.45) is 17.8 Å². The van der Waals surface area contributed by atoms with E-state index in [0.29, 0.717) is 17.8 Å². The highest BCUT2D eigenvalue weighted by molar-refractivity contribution is 5.79. The number of hydrogen-bond acceptors (Lipinski definition) is 2. The van der Waals surface area contributed by atoms with Crippen molar-refractivity contribution in [2.75, 3.05) is 6.54 Å². The van der Waals surface area contributed by atoms with Gasteiger partial charge in [0.1, 0.15) is 6.54 Å². The van der Waals surface area contributed by atoms with Crippen molar-refractivity contribution in [1.29, 1.82) is 0 Å². The Kier molecular flexibility index (Phi) is 5.17. The lowest BCUT2D eigenvalue weighted by molar-refractivity contribution is -0.147. The van der Waals surface area contributed by atoms with Crippen molar-refractivity contribution in [1.82, 2.24) is 4.90 Å². The van der Waals surface area contributed by atoms with E-state index in [1.165, 1.54) is 13.3 Å². The van der Waals surface area contributed by atoms with Crippen LogP contribution in [0.3, 0.4) is 0 Å². The molecule has 18 heavy (non-hydrogen) atoms. The number of carboxylic acids is 1. The number of carboxylic acid groups (broad SMARTS) is 1. The van der Waals surface area contributed by atoms with E-state index in [9.17, 15) is 9.59 Å². The summed E-state index contributed by atoms with van der Waals surface area (Å²) in [4.78, 5) is 24.2. The number of rotatable bonds is 4. The molecule has 1 amide bonds. The van der Waals surface area contributed by atoms with Crippen molar-refractivity contribution < 1.29 is 14.7 Å². The maximum atomic E-state index is 11.7. The number of amides is 1. The van der Waals surface area contributed by atoms with E-state index in [1.54, 1.807) is 4.90 Å². The van der Waals surface area contributed by atoms with E-state index in [-0.39, 0.29) is 18.5 Å². The van der Waals surface area contributed by atoms with Gasteiger partial charge in [0.15, 0.2) is 0 Å². The molecular formula is C14H25NO3. The first kappa shape index (κ1) is 15.0. The lowest BCUT2D eigenvalue weighted by Gasteiger charge is -2.43. The summed E-state index contributed by atoms with van der Waals surface area (Å²) in [6, 6.07) is 0.0855. The minimum absolute atomic E-state index is 0.0855. The summed E-state index contributed by atoms with van der Waals surface area (Å²) in [5.74, 6) is 0.427. The van der Waals surface area contributed by atoms with Gasteiger partial charge in [-0.15, -0.1) is 0 Å². The highest BCUT2D eigenvalue weighted by Crippen LogP contribution is 2.36. The molecule has 0 aromatic heterocycles. The van der Waals surface area contributed by atoms with Crippen LogP contribution in [0.1, 0.15) is 47.0 Å². The number of hydrogen-bond donors (Lipinski definition) is 1. The maximum absolute atomic E-state index is 11.7. The highest BCUT2D eigenvalue weighted by Gasteiger charge is 2.36. The van der Waals surface area contributed by atoms with Gasteiger partial charge >= 0.3 is 5.97 Å². The number of aliphatic carboxylic acids is 1. The zero-order chi connectivity index (χ0) is 13.9. The van der Waals surface area contributed by atoms with Gasteiger partial charge in [0, 0.05) is 13.0 Å². The number of carbonyl (C=O) groups excluding carboxylic acids is 1. The lowest BCUT2D eigenvalue weighted by atomic mass is 9.73. The molecule has 1 fully saturated rings. The summed E-state index contributed by atoms with van der Waals surface area (Å²) in [6.07, 6.45) is 3.20. The largest absolute Gasteiger partial charge is 0.480 e. The summed E-state index contributed by atoms with van der Waals surface area (Å²) in [5, 5.41) is 8.96. The smallest absolute Gasteiger partial charge is 0.323 e. The quantitative estimate of drug-likeness (QED) is 0.839. The van der Waals surface area contributed by atoms with Crippen molar-refractivity contribution in [2.45, 2.75) is 53.0 Å². The second kappa shape index (κ2) is 6.21. The van der Waals surface area contributed by atoms with Gasteiger partial charge in [0.25, 0.3) is 0 Å². The van der Waals surface area contributed by atoms with Crippen molar-refractivity contribution in [3.8, 4) is 0 Å². The maximum Gasteiger partial charge on any atom is 0.323 e. The van der Waals surface area contributed by atoms with Crippen LogP contribution in [-0.4, -0.2) is 34.5 Å². The Hall–Kier alpha value is -1.06. The Bertz CT molecular complexity index is 314. The van der Waals surface area contributed by atoms with Crippen molar-refractivity contribution >= 4 is 11.9 Å². The van der Waals surface area contributed by atoms with Crippen LogP contribution < -0.4 is 0 Å². The SMILES string of the molecule is CC(=O)N(CC(=O)O)C1CC(C)CCC1C(C)C. The molecule has 0 bridgehead atoms. The molecule has 1 saturated carbocycles. The third-order valence-corrected chi connectivity index (χ3v) is 4.10. The fraction of sp³-hybridized carbons (Fsp3) is 0.857. The Balaban J connectivity index is 2.89. The Morgan fingerprint density at radius 2 is 1.94 bits per heavy atom. The molecule has 0 heterocycles. The first-order chi connectivity index (χ1) is 8.32. The third kappa shape index (κ3) is 3.72. The lowest BCUT2D eigenvalue weighted by Crippen LogP contribution is -2.49. The minimum Gasteiger partial charge on any atom is -0.480 e. The van der Waals surface area contributed by atoms with E-state index in [1.807, 2.05) is 0 Å². The molecule has 4 heteroatoms. The normalized spacial score (nSPS) is 28.2. The highest BCUT2D eigenvalue weighted by atomic mass is 16.4. The molecule has 0 spiro atoms. The predicted octanol–water partition coefficient (Wildman–Crippen LogP) is 2.38. The Morgan fingerprint density at radius 1 is 1.33 bits per heavy atom.